The van der Waals surface area contributed by atoms with Crippen LogP contribution in [0, 0.1) is 0 Å². The molecule has 0 radical (unpaired) electrons. The molecule has 1 aliphatic heterocycles. The van der Waals surface area contributed by atoms with Gasteiger partial charge >= 0.3 is 0 Å². The van der Waals surface area contributed by atoms with Crippen LogP contribution in [0.15, 0.2) is 12.7 Å². The fourth-order valence-electron chi connectivity index (χ4n) is 0.651. The molecule has 4 heteroatoms. The number of carbonyl (C=O) groups excluding carboxylic acids is 1. The van der Waals surface area contributed by atoms with E-state index >= 15 is 0 Å². The lowest BCUT2D eigenvalue weighted by molar-refractivity contribution is -0.117. The van der Waals surface area contributed by atoms with Crippen LogP contribution in [0.3, 0.4) is 0 Å². The Kier molecular flexibility index (Phi) is 4.07. The fourth-order valence-corrected chi connectivity index (χ4v) is 0.651. The molecule has 1 saturated heterocycles. The third-order valence-corrected chi connectivity index (χ3v) is 1.31. The maximum absolute atomic E-state index is 10.6. The van der Waals surface area contributed by atoms with E-state index in [4.69, 9.17) is 0 Å². The summed E-state index contributed by atoms with van der Waals surface area (Å²) in [6.07, 6.45) is 1.29. The molecule has 1 aliphatic rings. The molecule has 1 amide bonds. The number of amides is 1. The van der Waals surface area contributed by atoms with Crippen molar-refractivity contribution in [2.45, 2.75) is 6.04 Å². The molecule has 2 N–H and O–H groups in total. The molecule has 0 aromatic carbocycles. The van der Waals surface area contributed by atoms with Gasteiger partial charge < -0.3 is 10.6 Å². The Morgan fingerprint density at radius 1 is 1.70 bits per heavy atom. The Bertz CT molecular complexity index is 134. The molecular formula is C6H11ClN2O. The predicted molar refractivity (Wildman–Crippen MR) is 42.2 cm³/mol. The standard InChI is InChI=1S/C6H10N2O.ClH/c1-2-6(9)8-5-3-7-4-5;/h2,5,7H,1,3-4H2,(H,8,9);1H. The molecule has 0 aromatic rings. The summed E-state index contributed by atoms with van der Waals surface area (Å²) in [5.74, 6) is -0.0819. The topological polar surface area (TPSA) is 41.1 Å². The molecule has 0 aromatic heterocycles. The van der Waals surface area contributed by atoms with Crippen LogP contribution in [0.25, 0.3) is 0 Å². The summed E-state index contributed by atoms with van der Waals surface area (Å²) in [5.41, 5.74) is 0. The minimum Gasteiger partial charge on any atom is -0.347 e. The molecule has 1 fully saturated rings. The summed E-state index contributed by atoms with van der Waals surface area (Å²) >= 11 is 0. The van der Waals surface area contributed by atoms with Crippen LogP contribution in [0.2, 0.25) is 0 Å². The van der Waals surface area contributed by atoms with E-state index in [-0.39, 0.29) is 18.3 Å². The van der Waals surface area contributed by atoms with Gasteiger partial charge in [-0.15, -0.1) is 12.4 Å². The van der Waals surface area contributed by atoms with Gasteiger partial charge in [-0.05, 0) is 6.08 Å². The van der Waals surface area contributed by atoms with Gasteiger partial charge in [0.1, 0.15) is 0 Å². The monoisotopic (exact) mass is 162 g/mol. The third-order valence-electron chi connectivity index (χ3n) is 1.31. The molecule has 58 valence electrons. The lowest BCUT2D eigenvalue weighted by Crippen LogP contribution is -2.56. The number of rotatable bonds is 2. The van der Waals surface area contributed by atoms with Gasteiger partial charge in [0.25, 0.3) is 0 Å². The molecule has 0 unspecified atom stereocenters. The van der Waals surface area contributed by atoms with E-state index in [1.165, 1.54) is 6.08 Å². The van der Waals surface area contributed by atoms with Crippen LogP contribution < -0.4 is 10.6 Å². The van der Waals surface area contributed by atoms with Crippen LogP contribution in [-0.4, -0.2) is 25.0 Å². The molecule has 10 heavy (non-hydrogen) atoms. The molecule has 0 atom stereocenters. The summed E-state index contributed by atoms with van der Waals surface area (Å²) in [5, 5.41) is 5.79. The Balaban J connectivity index is 0.000000810. The maximum atomic E-state index is 10.6. The van der Waals surface area contributed by atoms with Crippen LogP contribution in [-0.2, 0) is 4.79 Å². The molecule has 0 aliphatic carbocycles. The SMILES string of the molecule is C=CC(=O)NC1CNC1.Cl. The maximum Gasteiger partial charge on any atom is 0.243 e. The largest absolute Gasteiger partial charge is 0.347 e. The van der Waals surface area contributed by atoms with Crippen LogP contribution >= 0.6 is 12.4 Å². The average Bonchev–Trinajstić information content (AvgIpc) is 1.78. The first-order chi connectivity index (χ1) is 4.33. The second kappa shape index (κ2) is 4.30. The minimum atomic E-state index is -0.0819. The molecule has 1 rings (SSSR count). The zero-order valence-electron chi connectivity index (χ0n) is 5.59. The van der Waals surface area contributed by atoms with E-state index in [1.54, 1.807) is 0 Å². The summed E-state index contributed by atoms with van der Waals surface area (Å²) in [4.78, 5) is 10.6. The van der Waals surface area contributed by atoms with E-state index in [2.05, 4.69) is 17.2 Å². The van der Waals surface area contributed by atoms with E-state index in [9.17, 15) is 4.79 Å². The molecule has 0 bridgehead atoms. The van der Waals surface area contributed by atoms with Gasteiger partial charge in [0, 0.05) is 13.1 Å². The van der Waals surface area contributed by atoms with Gasteiger partial charge in [-0.2, -0.15) is 0 Å². The summed E-state index contributed by atoms with van der Waals surface area (Å²) in [6.45, 7) is 5.12. The van der Waals surface area contributed by atoms with Crippen molar-refractivity contribution in [3.63, 3.8) is 0 Å². The Hall–Kier alpha value is -0.540. The lowest BCUT2D eigenvalue weighted by atomic mass is 10.2. The van der Waals surface area contributed by atoms with Crippen molar-refractivity contribution in [2.24, 2.45) is 0 Å². The molecule has 0 spiro atoms. The van der Waals surface area contributed by atoms with Crippen molar-refractivity contribution in [3.8, 4) is 0 Å². The highest BCUT2D eigenvalue weighted by atomic mass is 35.5. The molecular weight excluding hydrogens is 152 g/mol. The number of halogens is 1. The summed E-state index contributed by atoms with van der Waals surface area (Å²) in [6, 6.07) is 0.329. The first kappa shape index (κ1) is 9.46. The summed E-state index contributed by atoms with van der Waals surface area (Å²) < 4.78 is 0. The average molecular weight is 163 g/mol. The first-order valence-corrected chi connectivity index (χ1v) is 2.96. The molecule has 0 saturated carbocycles. The van der Waals surface area contributed by atoms with Crippen molar-refractivity contribution < 1.29 is 4.79 Å². The Morgan fingerprint density at radius 3 is 2.60 bits per heavy atom. The molecule has 3 nitrogen and oxygen atoms in total. The van der Waals surface area contributed by atoms with E-state index in [0.717, 1.165) is 13.1 Å². The zero-order chi connectivity index (χ0) is 6.69. The summed E-state index contributed by atoms with van der Waals surface area (Å²) in [7, 11) is 0. The van der Waals surface area contributed by atoms with Gasteiger partial charge in [-0.25, -0.2) is 0 Å². The third kappa shape index (κ3) is 2.37. The van der Waals surface area contributed by atoms with E-state index in [0.29, 0.717) is 6.04 Å². The highest BCUT2D eigenvalue weighted by Gasteiger charge is 2.16. The predicted octanol–water partition coefficient (Wildman–Crippen LogP) is -0.318. The van der Waals surface area contributed by atoms with Crippen LogP contribution in [0.1, 0.15) is 0 Å². The molecule has 1 heterocycles. The fraction of sp³-hybridized carbons (Fsp3) is 0.500. The van der Waals surface area contributed by atoms with Crippen molar-refractivity contribution in [1.29, 1.82) is 0 Å². The number of carbonyl (C=O) groups is 1. The van der Waals surface area contributed by atoms with Gasteiger partial charge in [-0.1, -0.05) is 6.58 Å². The number of hydrogen-bond acceptors (Lipinski definition) is 2. The second-order valence-corrected chi connectivity index (χ2v) is 2.07. The highest BCUT2D eigenvalue weighted by Crippen LogP contribution is 1.89. The van der Waals surface area contributed by atoms with E-state index < -0.39 is 0 Å². The number of hydrogen-bond donors (Lipinski definition) is 2. The first-order valence-electron chi connectivity index (χ1n) is 2.96. The van der Waals surface area contributed by atoms with Crippen LogP contribution in [0.4, 0.5) is 0 Å². The second-order valence-electron chi connectivity index (χ2n) is 2.07. The van der Waals surface area contributed by atoms with Crippen LogP contribution in [0.5, 0.6) is 0 Å². The van der Waals surface area contributed by atoms with Gasteiger partial charge in [0.05, 0.1) is 6.04 Å². The van der Waals surface area contributed by atoms with Gasteiger partial charge in [0.15, 0.2) is 0 Å². The lowest BCUT2D eigenvalue weighted by Gasteiger charge is -2.27. The van der Waals surface area contributed by atoms with Gasteiger partial charge in [0.2, 0.25) is 5.91 Å². The minimum absolute atomic E-state index is 0. The van der Waals surface area contributed by atoms with Crippen molar-refractivity contribution in [3.05, 3.63) is 12.7 Å². The zero-order valence-corrected chi connectivity index (χ0v) is 6.41. The Morgan fingerprint density at radius 2 is 2.30 bits per heavy atom. The normalized spacial score (nSPS) is 16.4. The number of nitrogens with one attached hydrogen (secondary N) is 2. The van der Waals surface area contributed by atoms with Crippen molar-refractivity contribution in [1.82, 2.24) is 10.6 Å². The quantitative estimate of drug-likeness (QED) is 0.547. The smallest absolute Gasteiger partial charge is 0.243 e. The van der Waals surface area contributed by atoms with Crippen molar-refractivity contribution >= 4 is 18.3 Å². The Labute approximate surface area is 66.3 Å². The van der Waals surface area contributed by atoms with E-state index in [1.807, 2.05) is 0 Å². The van der Waals surface area contributed by atoms with Gasteiger partial charge in [-0.3, -0.25) is 4.79 Å². The highest BCUT2D eigenvalue weighted by molar-refractivity contribution is 5.87. The van der Waals surface area contributed by atoms with Crippen molar-refractivity contribution in [2.75, 3.05) is 13.1 Å².